The maximum atomic E-state index is 13.9. The molecule has 2 amide bonds. The lowest BCUT2D eigenvalue weighted by Crippen LogP contribution is -2.50. The molecule has 8 nitrogen and oxygen atoms in total. The molecule has 0 aliphatic heterocycles. The quantitative estimate of drug-likeness (QED) is 0.189. The maximum absolute atomic E-state index is 13.9. The van der Waals surface area contributed by atoms with E-state index in [9.17, 15) is 18.0 Å². The molecule has 0 saturated heterocycles. The molecule has 0 bridgehead atoms. The van der Waals surface area contributed by atoms with Crippen LogP contribution < -0.4 is 14.4 Å². The van der Waals surface area contributed by atoms with Gasteiger partial charge in [0, 0.05) is 37.5 Å². The molecule has 11 heteroatoms. The third-order valence-corrected chi connectivity index (χ3v) is 8.64. The molecule has 43 heavy (non-hydrogen) atoms. The summed E-state index contributed by atoms with van der Waals surface area (Å²) >= 11 is 12.5. The van der Waals surface area contributed by atoms with Crippen molar-refractivity contribution >= 4 is 50.7 Å². The Labute approximate surface area is 265 Å². The minimum atomic E-state index is -3.68. The van der Waals surface area contributed by atoms with Gasteiger partial charge in [0.25, 0.3) is 0 Å². The normalized spacial score (nSPS) is 11.9. The summed E-state index contributed by atoms with van der Waals surface area (Å²) in [7, 11) is -2.20. The number of nitrogens with zero attached hydrogens (tertiary/aromatic N) is 2. The number of halogens is 2. The first-order chi connectivity index (χ1) is 20.5. The number of benzene rings is 3. The fraction of sp³-hybridized carbons (Fsp3) is 0.375. The molecular formula is C32H39Cl2N3O5S. The molecule has 3 rings (SSSR count). The van der Waals surface area contributed by atoms with Crippen LogP contribution in [0.25, 0.3) is 0 Å². The predicted octanol–water partition coefficient (Wildman–Crippen LogP) is 6.10. The number of amides is 2. The number of unbranched alkanes of at least 4 members (excludes halogenated alkanes) is 1. The fourth-order valence-corrected chi connectivity index (χ4v) is 6.13. The highest BCUT2D eigenvalue weighted by molar-refractivity contribution is 7.92. The van der Waals surface area contributed by atoms with Crippen molar-refractivity contribution in [2.75, 3.05) is 30.8 Å². The molecule has 0 aromatic heterocycles. The second kappa shape index (κ2) is 16.5. The number of carbonyl (C=O) groups is 2. The van der Waals surface area contributed by atoms with Crippen LogP contribution in [-0.4, -0.2) is 57.6 Å². The van der Waals surface area contributed by atoms with Crippen LogP contribution >= 0.6 is 23.2 Å². The summed E-state index contributed by atoms with van der Waals surface area (Å²) in [4.78, 5) is 29.1. The van der Waals surface area contributed by atoms with Crippen molar-refractivity contribution in [3.8, 4) is 5.75 Å². The standard InChI is InChI=1S/C32H39Cl2N3O5S/c1-4-5-18-35-32(39)29(21-24-11-7-6-8-12-24)36(23-25-13-9-14-26(33)20-25)31(38)15-10-19-37(43(3,40)41)27-16-17-30(42-2)28(34)22-27/h6-9,11-14,16-17,20,22,29H,4-5,10,15,18-19,21,23H2,1-3H3,(H,35,39)/t29-/m1/s1. The third kappa shape index (κ3) is 10.4. The van der Waals surface area contributed by atoms with Gasteiger partial charge in [0.2, 0.25) is 21.8 Å². The molecule has 0 aliphatic rings. The number of ether oxygens (including phenoxy) is 1. The molecule has 0 saturated carbocycles. The first-order valence-electron chi connectivity index (χ1n) is 14.2. The van der Waals surface area contributed by atoms with Crippen LogP contribution in [0.3, 0.4) is 0 Å². The summed E-state index contributed by atoms with van der Waals surface area (Å²) in [5, 5.41) is 3.80. The lowest BCUT2D eigenvalue weighted by atomic mass is 10.0. The van der Waals surface area contributed by atoms with Crippen LogP contribution in [0.5, 0.6) is 5.75 Å². The van der Waals surface area contributed by atoms with Crippen molar-refractivity contribution in [1.82, 2.24) is 10.2 Å². The number of anilines is 1. The van der Waals surface area contributed by atoms with Gasteiger partial charge in [-0.25, -0.2) is 8.42 Å². The Morgan fingerprint density at radius 2 is 1.67 bits per heavy atom. The van der Waals surface area contributed by atoms with E-state index in [1.165, 1.54) is 17.5 Å². The molecule has 3 aromatic carbocycles. The Hall–Kier alpha value is -3.27. The summed E-state index contributed by atoms with van der Waals surface area (Å²) in [6.45, 7) is 2.77. The van der Waals surface area contributed by atoms with Gasteiger partial charge in [-0.2, -0.15) is 0 Å². The van der Waals surface area contributed by atoms with Gasteiger partial charge in [0.1, 0.15) is 11.8 Å². The first-order valence-corrected chi connectivity index (χ1v) is 16.8. The van der Waals surface area contributed by atoms with Crippen molar-refractivity contribution in [3.05, 3.63) is 94.0 Å². The minimum absolute atomic E-state index is 0.0179. The number of rotatable bonds is 16. The zero-order valence-electron chi connectivity index (χ0n) is 24.8. The summed E-state index contributed by atoms with van der Waals surface area (Å²) < 4.78 is 31.8. The van der Waals surface area contributed by atoms with Gasteiger partial charge >= 0.3 is 0 Å². The predicted molar refractivity (Wildman–Crippen MR) is 173 cm³/mol. The number of carbonyl (C=O) groups excluding carboxylic acids is 2. The first kappa shape index (κ1) is 34.2. The van der Waals surface area contributed by atoms with E-state index in [2.05, 4.69) is 5.32 Å². The maximum Gasteiger partial charge on any atom is 0.243 e. The topological polar surface area (TPSA) is 96.0 Å². The largest absolute Gasteiger partial charge is 0.495 e. The summed E-state index contributed by atoms with van der Waals surface area (Å²) in [6.07, 6.45) is 3.41. The van der Waals surface area contributed by atoms with Crippen LogP contribution in [0.2, 0.25) is 10.0 Å². The molecular weight excluding hydrogens is 609 g/mol. The Morgan fingerprint density at radius 1 is 0.953 bits per heavy atom. The zero-order chi connectivity index (χ0) is 31.4. The molecule has 0 heterocycles. The van der Waals surface area contributed by atoms with Crippen molar-refractivity contribution < 1.29 is 22.7 Å². The van der Waals surface area contributed by atoms with Gasteiger partial charge in [-0.1, -0.05) is 79.0 Å². The average Bonchev–Trinajstić information content (AvgIpc) is 2.97. The van der Waals surface area contributed by atoms with Crippen molar-refractivity contribution in [2.45, 2.75) is 51.6 Å². The van der Waals surface area contributed by atoms with Crippen LogP contribution in [-0.2, 0) is 32.6 Å². The molecule has 0 spiro atoms. The highest BCUT2D eigenvalue weighted by Crippen LogP contribution is 2.30. The average molecular weight is 649 g/mol. The Kier molecular flexibility index (Phi) is 13.2. The van der Waals surface area contributed by atoms with Crippen LogP contribution in [0.4, 0.5) is 5.69 Å². The van der Waals surface area contributed by atoms with Gasteiger partial charge in [-0.3, -0.25) is 13.9 Å². The van der Waals surface area contributed by atoms with E-state index in [1.54, 1.807) is 35.2 Å². The smallest absolute Gasteiger partial charge is 0.243 e. The van der Waals surface area contributed by atoms with Gasteiger partial charge in [-0.05, 0) is 54.3 Å². The summed E-state index contributed by atoms with van der Waals surface area (Å²) in [6, 6.07) is 20.7. The van der Waals surface area contributed by atoms with Crippen molar-refractivity contribution in [2.24, 2.45) is 0 Å². The van der Waals surface area contributed by atoms with E-state index in [0.29, 0.717) is 29.4 Å². The zero-order valence-corrected chi connectivity index (χ0v) is 27.1. The Balaban J connectivity index is 1.88. The molecule has 0 fully saturated rings. The number of nitrogens with one attached hydrogen (secondary N) is 1. The van der Waals surface area contributed by atoms with E-state index in [-0.39, 0.29) is 42.8 Å². The van der Waals surface area contributed by atoms with E-state index in [0.717, 1.165) is 30.2 Å². The monoisotopic (exact) mass is 647 g/mol. The van der Waals surface area contributed by atoms with Gasteiger partial charge in [0.15, 0.2) is 0 Å². The highest BCUT2D eigenvalue weighted by atomic mass is 35.5. The summed E-state index contributed by atoms with van der Waals surface area (Å²) in [5.74, 6) is -0.0848. The molecule has 0 radical (unpaired) electrons. The van der Waals surface area contributed by atoms with Gasteiger partial charge < -0.3 is 15.0 Å². The molecule has 1 N–H and O–H groups in total. The van der Waals surface area contributed by atoms with E-state index in [1.807, 2.05) is 43.3 Å². The highest BCUT2D eigenvalue weighted by Gasteiger charge is 2.30. The SMILES string of the molecule is CCCCNC(=O)[C@@H](Cc1ccccc1)N(Cc1cccc(Cl)c1)C(=O)CCCN(c1ccc(OC)c(Cl)c1)S(C)(=O)=O. The second-order valence-corrected chi connectivity index (χ2v) is 13.0. The number of hydrogen-bond donors (Lipinski definition) is 1. The van der Waals surface area contributed by atoms with Crippen LogP contribution in [0, 0.1) is 0 Å². The van der Waals surface area contributed by atoms with E-state index < -0.39 is 16.1 Å². The van der Waals surface area contributed by atoms with Gasteiger partial charge in [-0.15, -0.1) is 0 Å². The number of sulfonamides is 1. The minimum Gasteiger partial charge on any atom is -0.495 e. The van der Waals surface area contributed by atoms with E-state index in [4.69, 9.17) is 27.9 Å². The van der Waals surface area contributed by atoms with Gasteiger partial charge in [0.05, 0.1) is 24.1 Å². The molecule has 3 aromatic rings. The molecule has 0 unspecified atom stereocenters. The Bertz CT molecular complexity index is 1470. The van der Waals surface area contributed by atoms with E-state index >= 15 is 0 Å². The third-order valence-electron chi connectivity index (χ3n) is 6.92. The Morgan fingerprint density at radius 3 is 2.30 bits per heavy atom. The van der Waals surface area contributed by atoms with Crippen LogP contribution in [0.15, 0.2) is 72.8 Å². The molecule has 232 valence electrons. The van der Waals surface area contributed by atoms with Crippen molar-refractivity contribution in [1.29, 1.82) is 0 Å². The lowest BCUT2D eigenvalue weighted by Gasteiger charge is -2.32. The molecule has 1 atom stereocenters. The lowest BCUT2D eigenvalue weighted by molar-refractivity contribution is -0.141. The summed E-state index contributed by atoms with van der Waals surface area (Å²) in [5.41, 5.74) is 2.07. The van der Waals surface area contributed by atoms with Crippen molar-refractivity contribution in [3.63, 3.8) is 0 Å². The molecule has 0 aliphatic carbocycles. The second-order valence-electron chi connectivity index (χ2n) is 10.3. The number of methoxy groups -OCH3 is 1. The fourth-order valence-electron chi connectivity index (χ4n) is 4.71. The number of hydrogen-bond acceptors (Lipinski definition) is 5. The van der Waals surface area contributed by atoms with Crippen LogP contribution in [0.1, 0.15) is 43.7 Å².